The van der Waals surface area contributed by atoms with E-state index in [-0.39, 0.29) is 17.6 Å². The first-order chi connectivity index (χ1) is 13.1. The van der Waals surface area contributed by atoms with Gasteiger partial charge in [0.1, 0.15) is 17.4 Å². The Balaban J connectivity index is 1.48. The second-order valence-corrected chi connectivity index (χ2v) is 6.98. The number of piperazine rings is 1. The Morgan fingerprint density at radius 1 is 1.19 bits per heavy atom. The molecule has 2 fully saturated rings. The van der Waals surface area contributed by atoms with E-state index in [0.717, 1.165) is 18.5 Å². The van der Waals surface area contributed by atoms with Gasteiger partial charge in [0.05, 0.1) is 0 Å². The largest absolute Gasteiger partial charge is 0.424 e. The number of hydrogen-bond acceptors (Lipinski definition) is 6. The van der Waals surface area contributed by atoms with Crippen molar-refractivity contribution in [3.05, 3.63) is 57.9 Å². The third-order valence-corrected chi connectivity index (χ3v) is 5.22. The summed E-state index contributed by atoms with van der Waals surface area (Å²) >= 11 is 0. The van der Waals surface area contributed by atoms with E-state index in [1.165, 1.54) is 0 Å². The van der Waals surface area contributed by atoms with Gasteiger partial charge in [-0.05, 0) is 43.5 Å². The van der Waals surface area contributed by atoms with Crippen molar-refractivity contribution >= 4 is 11.6 Å². The predicted molar refractivity (Wildman–Crippen MR) is 100.0 cm³/mol. The second-order valence-electron chi connectivity index (χ2n) is 6.98. The maximum Gasteiger partial charge on any atom is 0.349 e. The first kappa shape index (κ1) is 17.7. The molecule has 0 aromatic carbocycles. The summed E-state index contributed by atoms with van der Waals surface area (Å²) in [4.78, 5) is 33.4. The average Bonchev–Trinajstić information content (AvgIpc) is 3.23. The van der Waals surface area contributed by atoms with Crippen molar-refractivity contribution < 1.29 is 13.9 Å². The van der Waals surface area contributed by atoms with Gasteiger partial charge in [0, 0.05) is 50.9 Å². The van der Waals surface area contributed by atoms with E-state index in [4.69, 9.17) is 9.15 Å². The molecule has 0 N–H and O–H groups in total. The molecule has 2 aromatic heterocycles. The van der Waals surface area contributed by atoms with E-state index in [0.29, 0.717) is 44.1 Å². The topological polar surface area (TPSA) is 75.9 Å². The monoisotopic (exact) mass is 369 g/mol. The van der Waals surface area contributed by atoms with Gasteiger partial charge in [0.2, 0.25) is 0 Å². The Kier molecular flexibility index (Phi) is 4.94. The molecule has 1 amide bonds. The van der Waals surface area contributed by atoms with Crippen molar-refractivity contribution in [2.45, 2.75) is 25.9 Å². The van der Waals surface area contributed by atoms with Gasteiger partial charge < -0.3 is 19.0 Å². The maximum absolute atomic E-state index is 12.9. The van der Waals surface area contributed by atoms with Crippen LogP contribution in [0.25, 0.3) is 0 Å². The van der Waals surface area contributed by atoms with Crippen LogP contribution in [0.1, 0.15) is 40.6 Å². The Hall–Kier alpha value is -2.67. The molecule has 2 saturated heterocycles. The molecule has 4 rings (SSSR count). The summed E-state index contributed by atoms with van der Waals surface area (Å²) in [5.74, 6) is 0.267. The molecule has 2 aliphatic heterocycles. The van der Waals surface area contributed by atoms with Crippen LogP contribution in [-0.4, -0.2) is 48.6 Å². The number of anilines is 1. The molecule has 4 heterocycles. The van der Waals surface area contributed by atoms with Crippen LogP contribution in [0.15, 0.2) is 39.8 Å². The summed E-state index contributed by atoms with van der Waals surface area (Å²) < 4.78 is 11.0. The molecule has 27 heavy (non-hydrogen) atoms. The lowest BCUT2D eigenvalue weighted by atomic mass is 10.1. The Labute approximate surface area is 157 Å². The van der Waals surface area contributed by atoms with Crippen LogP contribution in [0.4, 0.5) is 5.69 Å². The highest BCUT2D eigenvalue weighted by atomic mass is 16.5. The number of amides is 1. The van der Waals surface area contributed by atoms with Gasteiger partial charge in [0.15, 0.2) is 0 Å². The molecule has 142 valence electrons. The van der Waals surface area contributed by atoms with E-state index in [9.17, 15) is 9.59 Å². The van der Waals surface area contributed by atoms with Gasteiger partial charge in [0.25, 0.3) is 5.91 Å². The molecular formula is C20H23N3O4. The van der Waals surface area contributed by atoms with Gasteiger partial charge in [-0.3, -0.25) is 9.78 Å². The van der Waals surface area contributed by atoms with E-state index in [1.54, 1.807) is 30.3 Å². The van der Waals surface area contributed by atoms with E-state index in [2.05, 4.69) is 9.88 Å². The van der Waals surface area contributed by atoms with Crippen molar-refractivity contribution in [3.8, 4) is 0 Å². The van der Waals surface area contributed by atoms with Crippen molar-refractivity contribution in [1.29, 1.82) is 0 Å². The zero-order valence-corrected chi connectivity index (χ0v) is 15.4. The molecular weight excluding hydrogens is 346 g/mol. The molecule has 0 saturated carbocycles. The average molecular weight is 369 g/mol. The highest BCUT2D eigenvalue weighted by molar-refractivity contribution is 5.95. The van der Waals surface area contributed by atoms with Crippen LogP contribution in [0.2, 0.25) is 0 Å². The SMILES string of the molecule is Cc1cc(C2CCCO2)oc(=O)c1C(=O)N1CCN(c2ccncc2)CC1. The predicted octanol–water partition coefficient (Wildman–Crippen LogP) is 2.16. The third-order valence-electron chi connectivity index (χ3n) is 5.22. The van der Waals surface area contributed by atoms with Crippen molar-refractivity contribution in [2.75, 3.05) is 37.7 Å². The second kappa shape index (κ2) is 7.52. The highest BCUT2D eigenvalue weighted by Gasteiger charge is 2.28. The lowest BCUT2D eigenvalue weighted by Gasteiger charge is -2.36. The van der Waals surface area contributed by atoms with Crippen molar-refractivity contribution in [2.24, 2.45) is 0 Å². The van der Waals surface area contributed by atoms with Gasteiger partial charge in [-0.25, -0.2) is 4.79 Å². The first-order valence-corrected chi connectivity index (χ1v) is 9.34. The number of rotatable bonds is 3. The van der Waals surface area contributed by atoms with Gasteiger partial charge in [-0.15, -0.1) is 0 Å². The normalized spacial score (nSPS) is 20.1. The molecule has 7 heteroatoms. The smallest absolute Gasteiger partial charge is 0.349 e. The Morgan fingerprint density at radius 2 is 1.93 bits per heavy atom. The number of carbonyl (C=O) groups is 1. The Bertz CT molecular complexity index is 867. The molecule has 0 aliphatic carbocycles. The third kappa shape index (κ3) is 3.60. The first-order valence-electron chi connectivity index (χ1n) is 9.34. The number of nitrogens with zero attached hydrogens (tertiary/aromatic N) is 3. The van der Waals surface area contributed by atoms with Crippen molar-refractivity contribution in [3.63, 3.8) is 0 Å². The zero-order chi connectivity index (χ0) is 18.8. The fourth-order valence-corrected chi connectivity index (χ4v) is 3.73. The number of aryl methyl sites for hydroxylation is 1. The molecule has 0 radical (unpaired) electrons. The van der Waals surface area contributed by atoms with Crippen LogP contribution in [-0.2, 0) is 4.74 Å². The summed E-state index contributed by atoms with van der Waals surface area (Å²) in [6.45, 7) is 5.02. The van der Waals surface area contributed by atoms with Gasteiger partial charge in [-0.1, -0.05) is 0 Å². The number of carbonyl (C=O) groups excluding carboxylic acids is 1. The van der Waals surface area contributed by atoms with Gasteiger partial charge in [-0.2, -0.15) is 0 Å². The minimum atomic E-state index is -0.568. The molecule has 2 aliphatic rings. The minimum Gasteiger partial charge on any atom is -0.424 e. The number of hydrogen-bond donors (Lipinski definition) is 0. The van der Waals surface area contributed by atoms with E-state index in [1.807, 2.05) is 12.1 Å². The van der Waals surface area contributed by atoms with E-state index < -0.39 is 5.63 Å². The van der Waals surface area contributed by atoms with Crippen LogP contribution >= 0.6 is 0 Å². The van der Waals surface area contributed by atoms with Crippen LogP contribution in [0.5, 0.6) is 0 Å². The molecule has 1 atom stereocenters. The van der Waals surface area contributed by atoms with Crippen LogP contribution in [0.3, 0.4) is 0 Å². The summed E-state index contributed by atoms with van der Waals surface area (Å²) in [5, 5.41) is 0. The Morgan fingerprint density at radius 3 is 2.56 bits per heavy atom. The molecule has 0 bridgehead atoms. The lowest BCUT2D eigenvalue weighted by molar-refractivity contribution is 0.0731. The number of aromatic nitrogens is 1. The van der Waals surface area contributed by atoms with Gasteiger partial charge >= 0.3 is 5.63 Å². The maximum atomic E-state index is 12.9. The summed E-state index contributed by atoms with van der Waals surface area (Å²) in [7, 11) is 0. The summed E-state index contributed by atoms with van der Waals surface area (Å²) in [5.41, 5.74) is 1.31. The van der Waals surface area contributed by atoms with Crippen LogP contribution in [0, 0.1) is 6.92 Å². The molecule has 1 unspecified atom stereocenters. The lowest BCUT2D eigenvalue weighted by Crippen LogP contribution is -2.49. The fourth-order valence-electron chi connectivity index (χ4n) is 3.73. The van der Waals surface area contributed by atoms with E-state index >= 15 is 0 Å². The summed E-state index contributed by atoms with van der Waals surface area (Å²) in [6, 6.07) is 5.69. The number of ether oxygens (including phenoxy) is 1. The van der Waals surface area contributed by atoms with Crippen LogP contribution < -0.4 is 10.5 Å². The molecule has 0 spiro atoms. The standard InChI is InChI=1S/C20H23N3O4/c1-14-13-17(16-3-2-12-26-16)27-20(25)18(14)19(24)23-10-8-22(9-11-23)15-4-6-21-7-5-15/h4-7,13,16H,2-3,8-12H2,1H3. The quantitative estimate of drug-likeness (QED) is 0.825. The van der Waals surface area contributed by atoms with Crippen molar-refractivity contribution in [1.82, 2.24) is 9.88 Å². The summed E-state index contributed by atoms with van der Waals surface area (Å²) in [6.07, 6.45) is 5.14. The number of pyridine rings is 1. The fraction of sp³-hybridized carbons (Fsp3) is 0.450. The highest BCUT2D eigenvalue weighted by Crippen LogP contribution is 2.28. The molecule has 7 nitrogen and oxygen atoms in total. The zero-order valence-electron chi connectivity index (χ0n) is 15.4. The molecule has 2 aromatic rings. The minimum absolute atomic E-state index is 0.133.